The third kappa shape index (κ3) is 4.60. The summed E-state index contributed by atoms with van der Waals surface area (Å²) in [5.74, 6) is 0. The summed E-state index contributed by atoms with van der Waals surface area (Å²) in [7, 11) is 0. The second-order valence-electron chi connectivity index (χ2n) is 6.33. The first-order valence-electron chi connectivity index (χ1n) is 8.15. The van der Waals surface area contributed by atoms with Gasteiger partial charge >= 0.3 is 0 Å². The van der Waals surface area contributed by atoms with Gasteiger partial charge < -0.3 is 10.4 Å². The van der Waals surface area contributed by atoms with E-state index in [0.29, 0.717) is 12.6 Å². The minimum atomic E-state index is -0.388. The summed E-state index contributed by atoms with van der Waals surface area (Å²) in [6.07, 6.45) is 8.95. The molecule has 1 aromatic carbocycles. The molecule has 112 valence electrons. The Labute approximate surface area is 123 Å². The highest BCUT2D eigenvalue weighted by Crippen LogP contribution is 2.20. The fraction of sp³-hybridized carbons (Fsp3) is 0.667. The molecule has 0 radical (unpaired) electrons. The number of nitrogens with one attached hydrogen (secondary N) is 1. The van der Waals surface area contributed by atoms with E-state index in [0.717, 1.165) is 5.56 Å². The van der Waals surface area contributed by atoms with E-state index in [4.69, 9.17) is 0 Å². The Morgan fingerprint density at radius 1 is 1.10 bits per heavy atom. The normalized spacial score (nSPS) is 19.4. The van der Waals surface area contributed by atoms with Gasteiger partial charge in [-0.25, -0.2) is 0 Å². The Kier molecular flexibility index (Phi) is 6.06. The Morgan fingerprint density at radius 3 is 2.40 bits per heavy atom. The van der Waals surface area contributed by atoms with Crippen molar-refractivity contribution in [3.8, 4) is 0 Å². The average molecular weight is 275 g/mol. The summed E-state index contributed by atoms with van der Waals surface area (Å²) in [6.45, 7) is 4.85. The van der Waals surface area contributed by atoms with Crippen LogP contribution >= 0.6 is 0 Å². The maximum Gasteiger partial charge on any atom is 0.0917 e. The molecule has 0 spiro atoms. The molecule has 2 heteroatoms. The van der Waals surface area contributed by atoms with Crippen LogP contribution in [0.25, 0.3) is 0 Å². The smallest absolute Gasteiger partial charge is 0.0917 e. The quantitative estimate of drug-likeness (QED) is 0.869. The highest BCUT2D eigenvalue weighted by Gasteiger charge is 2.15. The van der Waals surface area contributed by atoms with Crippen LogP contribution in [0.3, 0.4) is 0 Å². The molecule has 1 atom stereocenters. The summed E-state index contributed by atoms with van der Waals surface area (Å²) in [4.78, 5) is 0. The molecule has 1 unspecified atom stereocenters. The highest BCUT2D eigenvalue weighted by molar-refractivity contribution is 5.32. The number of aliphatic hydroxyl groups is 1. The molecule has 1 aromatic rings. The highest BCUT2D eigenvalue weighted by atomic mass is 16.3. The van der Waals surface area contributed by atoms with Crippen molar-refractivity contribution >= 4 is 0 Å². The Balaban J connectivity index is 1.85. The molecule has 1 saturated carbocycles. The van der Waals surface area contributed by atoms with Crippen LogP contribution < -0.4 is 5.32 Å². The zero-order valence-corrected chi connectivity index (χ0v) is 13.0. The first kappa shape index (κ1) is 15.5. The standard InChI is InChI=1S/C18H29NO/c1-14-10-11-17(15(2)12-14)18(20)13-19-16-8-6-4-3-5-7-9-16/h10-12,16,18-20H,3-9,13H2,1-2H3. The molecule has 0 aromatic heterocycles. The lowest BCUT2D eigenvalue weighted by atomic mass is 9.96. The Hall–Kier alpha value is -0.860. The van der Waals surface area contributed by atoms with Crippen molar-refractivity contribution in [2.24, 2.45) is 0 Å². The maximum absolute atomic E-state index is 10.4. The van der Waals surface area contributed by atoms with Gasteiger partial charge in [-0.15, -0.1) is 0 Å². The fourth-order valence-corrected chi connectivity index (χ4v) is 3.25. The van der Waals surface area contributed by atoms with E-state index in [1.807, 2.05) is 0 Å². The SMILES string of the molecule is Cc1ccc(C(O)CNC2CCCCCCC2)c(C)c1. The van der Waals surface area contributed by atoms with Crippen LogP contribution in [0.1, 0.15) is 67.7 Å². The van der Waals surface area contributed by atoms with E-state index < -0.39 is 0 Å². The van der Waals surface area contributed by atoms with Gasteiger partial charge in [0.2, 0.25) is 0 Å². The van der Waals surface area contributed by atoms with E-state index >= 15 is 0 Å². The monoisotopic (exact) mass is 275 g/mol. The lowest BCUT2D eigenvalue weighted by Gasteiger charge is -2.23. The van der Waals surface area contributed by atoms with Crippen molar-refractivity contribution < 1.29 is 5.11 Å². The van der Waals surface area contributed by atoms with Gasteiger partial charge in [-0.3, -0.25) is 0 Å². The van der Waals surface area contributed by atoms with Crippen LogP contribution in [0.5, 0.6) is 0 Å². The van der Waals surface area contributed by atoms with Crippen LogP contribution in [0.15, 0.2) is 18.2 Å². The van der Waals surface area contributed by atoms with Gasteiger partial charge in [0.25, 0.3) is 0 Å². The zero-order chi connectivity index (χ0) is 14.4. The van der Waals surface area contributed by atoms with Gasteiger partial charge in [0, 0.05) is 12.6 Å². The molecule has 2 rings (SSSR count). The molecule has 0 aliphatic heterocycles. The van der Waals surface area contributed by atoms with Gasteiger partial charge in [-0.05, 0) is 37.8 Å². The van der Waals surface area contributed by atoms with Gasteiger partial charge in [0.1, 0.15) is 0 Å². The molecule has 2 nitrogen and oxygen atoms in total. The largest absolute Gasteiger partial charge is 0.387 e. The first-order valence-corrected chi connectivity index (χ1v) is 8.15. The Morgan fingerprint density at radius 2 is 1.75 bits per heavy atom. The molecule has 2 N–H and O–H groups in total. The summed E-state index contributed by atoms with van der Waals surface area (Å²) >= 11 is 0. The molecular formula is C18H29NO. The second-order valence-corrected chi connectivity index (χ2v) is 6.33. The molecule has 20 heavy (non-hydrogen) atoms. The number of benzene rings is 1. The lowest BCUT2D eigenvalue weighted by molar-refractivity contribution is 0.166. The average Bonchev–Trinajstić information content (AvgIpc) is 2.37. The van der Waals surface area contributed by atoms with Crippen molar-refractivity contribution in [2.45, 2.75) is 70.9 Å². The van der Waals surface area contributed by atoms with Crippen LogP contribution in [-0.4, -0.2) is 17.7 Å². The van der Waals surface area contributed by atoms with E-state index in [-0.39, 0.29) is 6.10 Å². The molecule has 0 bridgehead atoms. The van der Waals surface area contributed by atoms with E-state index in [1.165, 1.54) is 56.1 Å². The van der Waals surface area contributed by atoms with Gasteiger partial charge in [0.15, 0.2) is 0 Å². The molecule has 0 amide bonds. The molecule has 0 heterocycles. The second kappa shape index (κ2) is 7.80. The van der Waals surface area contributed by atoms with Crippen LogP contribution in [0.2, 0.25) is 0 Å². The predicted molar refractivity (Wildman–Crippen MR) is 85.0 cm³/mol. The van der Waals surface area contributed by atoms with Gasteiger partial charge in [-0.2, -0.15) is 0 Å². The van der Waals surface area contributed by atoms with Crippen molar-refractivity contribution in [1.82, 2.24) is 5.32 Å². The number of hydrogen-bond donors (Lipinski definition) is 2. The molecule has 1 aliphatic carbocycles. The van der Waals surface area contributed by atoms with Crippen LogP contribution in [0.4, 0.5) is 0 Å². The molecule has 1 aliphatic rings. The number of hydrogen-bond acceptors (Lipinski definition) is 2. The van der Waals surface area contributed by atoms with Crippen LogP contribution in [-0.2, 0) is 0 Å². The van der Waals surface area contributed by atoms with Gasteiger partial charge in [-0.1, -0.05) is 55.9 Å². The number of rotatable bonds is 4. The molecular weight excluding hydrogens is 246 g/mol. The third-order valence-corrected chi connectivity index (χ3v) is 4.49. The first-order chi connectivity index (χ1) is 9.66. The van der Waals surface area contributed by atoms with E-state index in [2.05, 4.69) is 37.4 Å². The lowest BCUT2D eigenvalue weighted by Crippen LogP contribution is -2.33. The van der Waals surface area contributed by atoms with Crippen molar-refractivity contribution in [1.29, 1.82) is 0 Å². The van der Waals surface area contributed by atoms with E-state index in [1.54, 1.807) is 0 Å². The topological polar surface area (TPSA) is 32.3 Å². The summed E-state index contributed by atoms with van der Waals surface area (Å²) in [6, 6.07) is 6.89. The van der Waals surface area contributed by atoms with Gasteiger partial charge in [0.05, 0.1) is 6.10 Å². The van der Waals surface area contributed by atoms with Crippen LogP contribution in [0, 0.1) is 13.8 Å². The van der Waals surface area contributed by atoms with E-state index in [9.17, 15) is 5.11 Å². The zero-order valence-electron chi connectivity index (χ0n) is 13.0. The summed E-state index contributed by atoms with van der Waals surface area (Å²) < 4.78 is 0. The van der Waals surface area contributed by atoms with Crippen molar-refractivity contribution in [3.63, 3.8) is 0 Å². The molecule has 0 saturated heterocycles. The minimum Gasteiger partial charge on any atom is -0.387 e. The summed E-state index contributed by atoms with van der Waals surface area (Å²) in [5.41, 5.74) is 3.51. The van der Waals surface area contributed by atoms with Crippen molar-refractivity contribution in [3.05, 3.63) is 34.9 Å². The summed E-state index contributed by atoms with van der Waals surface area (Å²) in [5, 5.41) is 14.0. The minimum absolute atomic E-state index is 0.388. The third-order valence-electron chi connectivity index (χ3n) is 4.49. The number of aliphatic hydroxyl groups excluding tert-OH is 1. The van der Waals surface area contributed by atoms with Crippen molar-refractivity contribution in [2.75, 3.05) is 6.54 Å². The maximum atomic E-state index is 10.4. The molecule has 1 fully saturated rings. The fourth-order valence-electron chi connectivity index (χ4n) is 3.25. The number of aryl methyl sites for hydroxylation is 2. The Bertz CT molecular complexity index is 408. The predicted octanol–water partition coefficient (Wildman–Crippen LogP) is 4.04.